The fourth-order valence-corrected chi connectivity index (χ4v) is 3.41. The van der Waals surface area contributed by atoms with Crippen LogP contribution in [0.25, 0.3) is 5.57 Å². The fraction of sp³-hybridized carbons (Fsp3) is 0.222. The van der Waals surface area contributed by atoms with Crippen LogP contribution in [0.2, 0.25) is 0 Å². The summed E-state index contributed by atoms with van der Waals surface area (Å²) < 4.78 is 5.26. The number of amides is 1. The lowest BCUT2D eigenvalue weighted by atomic mass is 9.97. The zero-order chi connectivity index (χ0) is 22.6. The lowest BCUT2D eigenvalue weighted by molar-refractivity contribution is -0.117. The summed E-state index contributed by atoms with van der Waals surface area (Å²) >= 11 is 0. The van der Waals surface area contributed by atoms with E-state index in [4.69, 9.17) is 4.74 Å². The number of aromatic nitrogens is 2. The van der Waals surface area contributed by atoms with Crippen LogP contribution in [-0.2, 0) is 11.2 Å². The molecule has 1 heterocycles. The molecule has 3 rings (SSSR count). The van der Waals surface area contributed by atoms with Gasteiger partial charge in [-0.25, -0.2) is 9.97 Å². The number of allylic oxidation sites excluding steroid dienone is 2. The Hall–Kier alpha value is -3.73. The zero-order valence-corrected chi connectivity index (χ0v) is 18.6. The second-order valence-corrected chi connectivity index (χ2v) is 7.58. The molecule has 5 heteroatoms. The smallest absolute Gasteiger partial charge is 0.244 e. The van der Waals surface area contributed by atoms with Gasteiger partial charge in [0.1, 0.15) is 12.1 Å². The van der Waals surface area contributed by atoms with Gasteiger partial charge in [-0.15, -0.1) is 0 Å². The van der Waals surface area contributed by atoms with Crippen molar-refractivity contribution in [3.63, 3.8) is 0 Å². The van der Waals surface area contributed by atoms with Gasteiger partial charge in [0.15, 0.2) is 0 Å². The molecule has 0 saturated heterocycles. The Morgan fingerprint density at radius 1 is 1.03 bits per heavy atom. The lowest BCUT2D eigenvalue weighted by Crippen LogP contribution is -2.31. The summed E-state index contributed by atoms with van der Waals surface area (Å²) in [6, 6.07) is 18.1. The molecule has 0 unspecified atom stereocenters. The highest BCUT2D eigenvalue weighted by Gasteiger charge is 2.06. The predicted molar refractivity (Wildman–Crippen MR) is 128 cm³/mol. The third-order valence-electron chi connectivity index (χ3n) is 5.10. The van der Waals surface area contributed by atoms with E-state index in [-0.39, 0.29) is 11.9 Å². The maximum atomic E-state index is 12.4. The van der Waals surface area contributed by atoms with E-state index < -0.39 is 0 Å². The molecule has 3 aromatic rings. The SMILES string of the molecule is COc1ccc(/C(=C/C=C/C(=O)N[C@H](C)CCCc2cncnc2)c2ccccc2)cc1. The first-order valence-corrected chi connectivity index (χ1v) is 10.8. The molecule has 1 atom stereocenters. The van der Waals surface area contributed by atoms with E-state index in [2.05, 4.69) is 27.4 Å². The number of nitrogens with one attached hydrogen (secondary N) is 1. The molecule has 5 nitrogen and oxygen atoms in total. The number of methoxy groups -OCH3 is 1. The Kier molecular flexibility index (Phi) is 8.75. The van der Waals surface area contributed by atoms with Gasteiger partial charge in [-0.05, 0) is 60.6 Å². The topological polar surface area (TPSA) is 64.1 Å². The van der Waals surface area contributed by atoms with Crippen LogP contribution >= 0.6 is 0 Å². The number of rotatable bonds is 10. The number of hydrogen-bond donors (Lipinski definition) is 1. The monoisotopic (exact) mass is 427 g/mol. The van der Waals surface area contributed by atoms with Gasteiger partial charge >= 0.3 is 0 Å². The summed E-state index contributed by atoms with van der Waals surface area (Å²) in [5.41, 5.74) is 4.29. The molecule has 0 bridgehead atoms. The van der Waals surface area contributed by atoms with Crippen molar-refractivity contribution in [1.29, 1.82) is 0 Å². The van der Waals surface area contributed by atoms with Crippen molar-refractivity contribution in [2.45, 2.75) is 32.2 Å². The Balaban J connectivity index is 1.59. The first-order chi connectivity index (χ1) is 15.7. The van der Waals surface area contributed by atoms with Crippen molar-refractivity contribution in [3.05, 3.63) is 108 Å². The highest BCUT2D eigenvalue weighted by molar-refractivity contribution is 5.89. The number of hydrogen-bond acceptors (Lipinski definition) is 4. The second-order valence-electron chi connectivity index (χ2n) is 7.58. The van der Waals surface area contributed by atoms with E-state index in [0.717, 1.165) is 47.3 Å². The molecule has 0 radical (unpaired) electrons. The van der Waals surface area contributed by atoms with Crippen LogP contribution < -0.4 is 10.1 Å². The van der Waals surface area contributed by atoms with Crippen molar-refractivity contribution in [3.8, 4) is 5.75 Å². The van der Waals surface area contributed by atoms with Crippen molar-refractivity contribution >= 4 is 11.5 Å². The van der Waals surface area contributed by atoms with Crippen LogP contribution in [-0.4, -0.2) is 29.0 Å². The number of benzene rings is 2. The molecule has 0 saturated carbocycles. The van der Waals surface area contributed by atoms with E-state index in [0.29, 0.717) is 0 Å². The number of aryl methyl sites for hydroxylation is 1. The molecular formula is C27H29N3O2. The molecule has 0 aliphatic heterocycles. The molecule has 0 fully saturated rings. The predicted octanol–water partition coefficient (Wildman–Crippen LogP) is 5.00. The van der Waals surface area contributed by atoms with E-state index in [1.807, 2.05) is 67.9 Å². The highest BCUT2D eigenvalue weighted by atomic mass is 16.5. The van der Waals surface area contributed by atoms with E-state index in [1.54, 1.807) is 19.3 Å². The summed E-state index contributed by atoms with van der Waals surface area (Å²) in [4.78, 5) is 20.4. The minimum absolute atomic E-state index is 0.0935. The average molecular weight is 428 g/mol. The number of carbonyl (C=O) groups is 1. The van der Waals surface area contributed by atoms with Crippen molar-refractivity contribution < 1.29 is 9.53 Å². The number of ether oxygens (including phenoxy) is 1. The van der Waals surface area contributed by atoms with E-state index in [1.165, 1.54) is 6.33 Å². The summed E-state index contributed by atoms with van der Waals surface area (Å²) in [5, 5.41) is 3.03. The standard InChI is InChI=1S/C27H29N3O2/c1-21(8-6-9-22-18-28-20-29-19-22)30-27(31)13-7-12-26(23-10-4-3-5-11-23)24-14-16-25(32-2)17-15-24/h3-5,7,10-21H,6,8-9H2,1-2H3,(H,30,31)/b13-7+,26-12+/t21-/m1/s1. The summed E-state index contributed by atoms with van der Waals surface area (Å²) in [6.07, 6.45) is 13.3. The van der Waals surface area contributed by atoms with Gasteiger partial charge in [0.05, 0.1) is 7.11 Å². The van der Waals surface area contributed by atoms with E-state index >= 15 is 0 Å². The third kappa shape index (κ3) is 7.20. The Morgan fingerprint density at radius 2 is 1.72 bits per heavy atom. The van der Waals surface area contributed by atoms with E-state index in [9.17, 15) is 4.79 Å². The molecule has 0 spiro atoms. The molecule has 1 amide bonds. The van der Waals surface area contributed by atoms with Gasteiger partial charge < -0.3 is 10.1 Å². The van der Waals surface area contributed by atoms with Crippen LogP contribution in [0.15, 0.2) is 91.5 Å². The minimum Gasteiger partial charge on any atom is -0.497 e. The van der Waals surface area contributed by atoms with Crippen LogP contribution in [0.5, 0.6) is 5.75 Å². The molecule has 164 valence electrons. The first kappa shape index (κ1) is 22.9. The van der Waals surface area contributed by atoms with Gasteiger partial charge in [0.25, 0.3) is 0 Å². The summed E-state index contributed by atoms with van der Waals surface area (Å²) in [7, 11) is 1.65. The van der Waals surface area contributed by atoms with Gasteiger partial charge in [-0.1, -0.05) is 54.6 Å². The molecule has 0 aliphatic rings. The molecule has 0 aliphatic carbocycles. The van der Waals surface area contributed by atoms with Crippen molar-refractivity contribution in [2.75, 3.05) is 7.11 Å². The van der Waals surface area contributed by atoms with Gasteiger partial charge in [-0.2, -0.15) is 0 Å². The van der Waals surface area contributed by atoms with Crippen LogP contribution in [0.3, 0.4) is 0 Å². The van der Waals surface area contributed by atoms with Crippen LogP contribution in [0.4, 0.5) is 0 Å². The Bertz CT molecular complexity index is 1030. The van der Waals surface area contributed by atoms with Crippen molar-refractivity contribution in [1.82, 2.24) is 15.3 Å². The highest BCUT2D eigenvalue weighted by Crippen LogP contribution is 2.25. The molecule has 1 N–H and O–H groups in total. The zero-order valence-electron chi connectivity index (χ0n) is 18.6. The van der Waals surface area contributed by atoms with Crippen LogP contribution in [0.1, 0.15) is 36.5 Å². The van der Waals surface area contributed by atoms with Crippen molar-refractivity contribution in [2.24, 2.45) is 0 Å². The normalized spacial score (nSPS) is 12.5. The summed E-state index contributed by atoms with van der Waals surface area (Å²) in [5.74, 6) is 0.712. The number of nitrogens with zero attached hydrogens (tertiary/aromatic N) is 2. The maximum Gasteiger partial charge on any atom is 0.244 e. The lowest BCUT2D eigenvalue weighted by Gasteiger charge is -2.12. The second kappa shape index (κ2) is 12.2. The first-order valence-electron chi connectivity index (χ1n) is 10.8. The largest absolute Gasteiger partial charge is 0.497 e. The fourth-order valence-electron chi connectivity index (χ4n) is 3.41. The molecule has 1 aromatic heterocycles. The van der Waals surface area contributed by atoms with Gasteiger partial charge in [0.2, 0.25) is 5.91 Å². The Labute approximate surface area is 189 Å². The molecule has 2 aromatic carbocycles. The average Bonchev–Trinajstić information content (AvgIpc) is 2.83. The van der Waals surface area contributed by atoms with Gasteiger partial charge in [0, 0.05) is 24.5 Å². The molecular weight excluding hydrogens is 398 g/mol. The quantitative estimate of drug-likeness (QED) is 0.365. The third-order valence-corrected chi connectivity index (χ3v) is 5.10. The van der Waals surface area contributed by atoms with Crippen LogP contribution in [0, 0.1) is 0 Å². The maximum absolute atomic E-state index is 12.4. The number of carbonyl (C=O) groups excluding carboxylic acids is 1. The molecule has 32 heavy (non-hydrogen) atoms. The van der Waals surface area contributed by atoms with Gasteiger partial charge in [-0.3, -0.25) is 4.79 Å². The minimum atomic E-state index is -0.0982. The summed E-state index contributed by atoms with van der Waals surface area (Å²) in [6.45, 7) is 2.02. The Morgan fingerprint density at radius 3 is 2.41 bits per heavy atom.